The van der Waals surface area contributed by atoms with Gasteiger partial charge in [-0.2, -0.15) is 0 Å². The van der Waals surface area contributed by atoms with Crippen LogP contribution in [0.15, 0.2) is 48.5 Å². The first-order valence-corrected chi connectivity index (χ1v) is 7.41. The largest absolute Gasteiger partial charge is 0.351 e. The summed E-state index contributed by atoms with van der Waals surface area (Å²) < 4.78 is 13.4. The number of hydrogen-bond acceptors (Lipinski definition) is 2. The van der Waals surface area contributed by atoms with E-state index < -0.39 is 0 Å². The molecule has 2 rings (SSSR count). The fourth-order valence-corrected chi connectivity index (χ4v) is 2.10. The number of aryl methyl sites for hydroxylation is 1. The van der Waals surface area contributed by atoms with Crippen LogP contribution in [0.5, 0.6) is 0 Å². The zero-order chi connectivity index (χ0) is 15.8. The molecule has 0 radical (unpaired) electrons. The van der Waals surface area contributed by atoms with E-state index in [9.17, 15) is 9.18 Å². The Hall–Kier alpha value is -2.20. The van der Waals surface area contributed by atoms with Crippen LogP contribution in [-0.2, 0) is 17.8 Å². The van der Waals surface area contributed by atoms with Crippen LogP contribution >= 0.6 is 0 Å². The van der Waals surface area contributed by atoms with Crippen molar-refractivity contribution in [1.82, 2.24) is 10.6 Å². The van der Waals surface area contributed by atoms with Gasteiger partial charge in [0.15, 0.2) is 0 Å². The van der Waals surface area contributed by atoms with Gasteiger partial charge in [-0.15, -0.1) is 0 Å². The van der Waals surface area contributed by atoms with Gasteiger partial charge in [0.1, 0.15) is 5.82 Å². The van der Waals surface area contributed by atoms with Crippen molar-refractivity contribution in [2.24, 2.45) is 0 Å². The van der Waals surface area contributed by atoms with Crippen LogP contribution < -0.4 is 10.6 Å². The third-order valence-electron chi connectivity index (χ3n) is 3.42. The van der Waals surface area contributed by atoms with Crippen molar-refractivity contribution < 1.29 is 9.18 Å². The van der Waals surface area contributed by atoms with Gasteiger partial charge in [-0.05, 0) is 37.1 Å². The molecule has 0 aliphatic heterocycles. The van der Waals surface area contributed by atoms with Crippen LogP contribution in [0.4, 0.5) is 4.39 Å². The monoisotopic (exact) mass is 300 g/mol. The van der Waals surface area contributed by atoms with Crippen LogP contribution in [0, 0.1) is 12.7 Å². The van der Waals surface area contributed by atoms with Crippen molar-refractivity contribution in [2.75, 3.05) is 13.1 Å². The number of hydrogen-bond donors (Lipinski definition) is 2. The smallest absolute Gasteiger partial charge is 0.234 e. The lowest BCUT2D eigenvalue weighted by Crippen LogP contribution is -2.34. The van der Waals surface area contributed by atoms with E-state index in [4.69, 9.17) is 0 Å². The molecule has 0 aliphatic rings. The van der Waals surface area contributed by atoms with Gasteiger partial charge in [-0.1, -0.05) is 48.0 Å². The summed E-state index contributed by atoms with van der Waals surface area (Å²) in [6, 6.07) is 14.7. The van der Waals surface area contributed by atoms with E-state index in [0.717, 1.165) is 5.56 Å². The molecule has 2 aromatic carbocycles. The van der Waals surface area contributed by atoms with Crippen LogP contribution in [0.25, 0.3) is 0 Å². The van der Waals surface area contributed by atoms with Crippen molar-refractivity contribution >= 4 is 5.91 Å². The number of carbonyl (C=O) groups is 1. The van der Waals surface area contributed by atoms with Gasteiger partial charge in [-0.25, -0.2) is 4.39 Å². The molecule has 2 N–H and O–H groups in total. The Bertz CT molecular complexity index is 611. The van der Waals surface area contributed by atoms with Gasteiger partial charge in [0.2, 0.25) is 5.91 Å². The summed E-state index contributed by atoms with van der Waals surface area (Å²) >= 11 is 0. The van der Waals surface area contributed by atoms with Gasteiger partial charge in [0.25, 0.3) is 0 Å². The molecular formula is C18H21FN2O. The molecule has 0 aliphatic carbocycles. The summed E-state index contributed by atoms with van der Waals surface area (Å²) in [4.78, 5) is 11.7. The van der Waals surface area contributed by atoms with Crippen LogP contribution in [-0.4, -0.2) is 19.0 Å². The third kappa shape index (κ3) is 5.30. The Balaban J connectivity index is 1.64. The first-order chi connectivity index (χ1) is 10.6. The molecule has 0 bridgehead atoms. The van der Waals surface area contributed by atoms with E-state index in [-0.39, 0.29) is 18.3 Å². The van der Waals surface area contributed by atoms with Gasteiger partial charge in [0, 0.05) is 6.54 Å². The van der Waals surface area contributed by atoms with E-state index in [0.29, 0.717) is 25.1 Å². The molecule has 1 amide bonds. The van der Waals surface area contributed by atoms with Gasteiger partial charge >= 0.3 is 0 Å². The van der Waals surface area contributed by atoms with E-state index in [1.165, 1.54) is 11.6 Å². The number of amides is 1. The fraction of sp³-hybridized carbons (Fsp3) is 0.278. The average Bonchev–Trinajstić information content (AvgIpc) is 2.52. The van der Waals surface area contributed by atoms with Crippen LogP contribution in [0.3, 0.4) is 0 Å². The standard InChI is InChI=1S/C18H21FN2O/c1-14-6-8-15(9-7-14)12-21-18(22)13-20-11-10-16-4-2-3-5-17(16)19/h2-9,20H,10-13H2,1H3,(H,21,22). The first kappa shape index (κ1) is 16.2. The van der Waals surface area contributed by atoms with Crippen molar-refractivity contribution in [1.29, 1.82) is 0 Å². The Kier molecular flexibility index (Phi) is 6.10. The molecule has 0 atom stereocenters. The second kappa shape index (κ2) is 8.29. The predicted octanol–water partition coefficient (Wildman–Crippen LogP) is 2.58. The molecule has 22 heavy (non-hydrogen) atoms. The summed E-state index contributed by atoms with van der Waals surface area (Å²) in [5.74, 6) is -0.262. The molecule has 3 nitrogen and oxygen atoms in total. The average molecular weight is 300 g/mol. The van der Waals surface area contributed by atoms with Gasteiger partial charge in [0.05, 0.1) is 6.54 Å². The van der Waals surface area contributed by atoms with E-state index in [1.807, 2.05) is 37.3 Å². The molecule has 116 valence electrons. The molecule has 0 saturated carbocycles. The van der Waals surface area contributed by atoms with Crippen molar-refractivity contribution in [2.45, 2.75) is 19.9 Å². The summed E-state index contributed by atoms with van der Waals surface area (Å²) in [5.41, 5.74) is 2.94. The highest BCUT2D eigenvalue weighted by atomic mass is 19.1. The van der Waals surface area contributed by atoms with E-state index >= 15 is 0 Å². The van der Waals surface area contributed by atoms with E-state index in [1.54, 1.807) is 12.1 Å². The maximum Gasteiger partial charge on any atom is 0.234 e. The minimum absolute atomic E-state index is 0.0610. The molecular weight excluding hydrogens is 279 g/mol. The zero-order valence-corrected chi connectivity index (χ0v) is 12.7. The second-order valence-corrected chi connectivity index (χ2v) is 5.28. The SMILES string of the molecule is Cc1ccc(CNC(=O)CNCCc2ccccc2F)cc1. The summed E-state index contributed by atoms with van der Waals surface area (Å²) in [7, 11) is 0. The van der Waals surface area contributed by atoms with Gasteiger partial charge in [-0.3, -0.25) is 4.79 Å². The Morgan fingerprint density at radius 1 is 1.09 bits per heavy atom. The second-order valence-electron chi connectivity index (χ2n) is 5.28. The Labute approximate surface area is 130 Å². The lowest BCUT2D eigenvalue weighted by Gasteiger charge is -2.07. The van der Waals surface area contributed by atoms with Gasteiger partial charge < -0.3 is 10.6 Å². The Morgan fingerprint density at radius 3 is 2.55 bits per heavy atom. The minimum atomic E-state index is -0.201. The highest BCUT2D eigenvalue weighted by Crippen LogP contribution is 2.06. The predicted molar refractivity (Wildman–Crippen MR) is 86.0 cm³/mol. The quantitative estimate of drug-likeness (QED) is 0.772. The van der Waals surface area contributed by atoms with Crippen LogP contribution in [0.2, 0.25) is 0 Å². The topological polar surface area (TPSA) is 41.1 Å². The first-order valence-electron chi connectivity index (χ1n) is 7.41. The lowest BCUT2D eigenvalue weighted by atomic mass is 10.1. The lowest BCUT2D eigenvalue weighted by molar-refractivity contribution is -0.120. The van der Waals surface area contributed by atoms with Crippen molar-refractivity contribution in [3.63, 3.8) is 0 Å². The molecule has 0 saturated heterocycles. The molecule has 2 aromatic rings. The number of carbonyl (C=O) groups excluding carboxylic acids is 1. The number of rotatable bonds is 7. The summed E-state index contributed by atoms with van der Waals surface area (Å²) in [6.45, 7) is 3.36. The van der Waals surface area contributed by atoms with E-state index in [2.05, 4.69) is 10.6 Å². The van der Waals surface area contributed by atoms with Crippen LogP contribution in [0.1, 0.15) is 16.7 Å². The normalized spacial score (nSPS) is 10.5. The molecule has 4 heteroatoms. The molecule has 0 fully saturated rings. The zero-order valence-electron chi connectivity index (χ0n) is 12.7. The molecule has 0 spiro atoms. The van der Waals surface area contributed by atoms with Crippen molar-refractivity contribution in [3.8, 4) is 0 Å². The third-order valence-corrected chi connectivity index (χ3v) is 3.42. The molecule has 0 heterocycles. The fourth-order valence-electron chi connectivity index (χ4n) is 2.10. The maximum atomic E-state index is 13.4. The molecule has 0 unspecified atom stereocenters. The maximum absolute atomic E-state index is 13.4. The van der Waals surface area contributed by atoms with Crippen molar-refractivity contribution in [3.05, 3.63) is 71.0 Å². The number of benzene rings is 2. The molecule has 0 aromatic heterocycles. The minimum Gasteiger partial charge on any atom is -0.351 e. The number of nitrogens with one attached hydrogen (secondary N) is 2. The summed E-state index contributed by atoms with van der Waals surface area (Å²) in [5, 5.41) is 5.88. The highest BCUT2D eigenvalue weighted by Gasteiger charge is 2.03. The highest BCUT2D eigenvalue weighted by molar-refractivity contribution is 5.77. The summed E-state index contributed by atoms with van der Waals surface area (Å²) in [6.07, 6.45) is 0.567. The number of halogens is 1. The Morgan fingerprint density at radius 2 is 1.82 bits per heavy atom.